The molecule has 0 aliphatic rings. The van der Waals surface area contributed by atoms with Gasteiger partial charge >= 0.3 is 0 Å². The third kappa shape index (κ3) is 5.16. The Kier molecular flexibility index (Phi) is 5.40. The number of hydrogen-bond acceptors (Lipinski definition) is 1. The lowest BCUT2D eigenvalue weighted by Gasteiger charge is -2.06. The van der Waals surface area contributed by atoms with Crippen molar-refractivity contribution in [3.8, 4) is 0 Å². The summed E-state index contributed by atoms with van der Waals surface area (Å²) in [6.45, 7) is 8.60. The molecule has 17 heavy (non-hydrogen) atoms. The van der Waals surface area contributed by atoms with Gasteiger partial charge in [-0.3, -0.25) is 4.79 Å². The van der Waals surface area contributed by atoms with Crippen molar-refractivity contribution in [3.63, 3.8) is 0 Å². The van der Waals surface area contributed by atoms with E-state index in [9.17, 15) is 4.79 Å². The molecule has 0 unspecified atom stereocenters. The highest BCUT2D eigenvalue weighted by Crippen LogP contribution is 2.13. The Balaban J connectivity index is 2.42. The second-order valence-corrected chi connectivity index (χ2v) is 5.42. The number of hydrogen-bond donors (Lipinski definition) is 0. The predicted molar refractivity (Wildman–Crippen MR) is 73.3 cm³/mol. The van der Waals surface area contributed by atoms with Crippen LogP contribution in [0.1, 0.15) is 49.8 Å². The van der Waals surface area contributed by atoms with Crippen LogP contribution in [-0.2, 0) is 11.2 Å². The van der Waals surface area contributed by atoms with Crippen LogP contribution >= 0.6 is 0 Å². The Morgan fingerprint density at radius 1 is 1.18 bits per heavy atom. The highest BCUT2D eigenvalue weighted by Gasteiger charge is 2.05. The lowest BCUT2D eigenvalue weighted by Crippen LogP contribution is -2.03. The molecule has 0 atom stereocenters. The fraction of sp³-hybridized carbons (Fsp3) is 0.562. The van der Waals surface area contributed by atoms with Gasteiger partial charge < -0.3 is 0 Å². The summed E-state index contributed by atoms with van der Waals surface area (Å²) in [5, 5.41) is 0. The fourth-order valence-corrected chi connectivity index (χ4v) is 1.94. The lowest BCUT2D eigenvalue weighted by molar-refractivity contribution is -0.118. The quantitative estimate of drug-likeness (QED) is 0.717. The fourth-order valence-electron chi connectivity index (χ4n) is 1.94. The van der Waals surface area contributed by atoms with Gasteiger partial charge in [-0.05, 0) is 42.9 Å². The SMILES string of the molecule is Cc1ccc(CC(=O)CCCC(C)C)cc1C. The molecule has 1 aromatic carbocycles. The average Bonchev–Trinajstić information content (AvgIpc) is 2.23. The zero-order chi connectivity index (χ0) is 12.8. The maximum absolute atomic E-state index is 11.8. The lowest BCUT2D eigenvalue weighted by atomic mass is 9.99. The molecule has 1 rings (SSSR count). The van der Waals surface area contributed by atoms with E-state index in [1.165, 1.54) is 11.1 Å². The number of aryl methyl sites for hydroxylation is 2. The van der Waals surface area contributed by atoms with Crippen LogP contribution in [0.2, 0.25) is 0 Å². The van der Waals surface area contributed by atoms with E-state index in [1.807, 2.05) is 0 Å². The van der Waals surface area contributed by atoms with E-state index in [0.717, 1.165) is 24.8 Å². The third-order valence-corrected chi connectivity index (χ3v) is 3.21. The summed E-state index contributed by atoms with van der Waals surface area (Å²) in [5.74, 6) is 1.07. The summed E-state index contributed by atoms with van der Waals surface area (Å²) in [6.07, 6.45) is 3.50. The number of ketones is 1. The molecule has 0 spiro atoms. The summed E-state index contributed by atoms with van der Waals surface area (Å²) in [7, 11) is 0. The van der Waals surface area contributed by atoms with E-state index in [4.69, 9.17) is 0 Å². The first kappa shape index (κ1) is 14.0. The highest BCUT2D eigenvalue weighted by molar-refractivity contribution is 5.80. The number of carbonyl (C=O) groups excluding carboxylic acids is 1. The molecule has 0 heterocycles. The van der Waals surface area contributed by atoms with Gasteiger partial charge in [-0.1, -0.05) is 38.5 Å². The van der Waals surface area contributed by atoms with Gasteiger partial charge in [-0.25, -0.2) is 0 Å². The van der Waals surface area contributed by atoms with Crippen LogP contribution in [0.25, 0.3) is 0 Å². The molecule has 0 bridgehead atoms. The number of rotatable bonds is 6. The van der Waals surface area contributed by atoms with Crippen molar-refractivity contribution >= 4 is 5.78 Å². The molecule has 0 N–H and O–H groups in total. The molecule has 0 aromatic heterocycles. The van der Waals surface area contributed by atoms with Gasteiger partial charge in [-0.15, -0.1) is 0 Å². The van der Waals surface area contributed by atoms with Crippen LogP contribution < -0.4 is 0 Å². The molecule has 94 valence electrons. The minimum atomic E-state index is 0.369. The zero-order valence-corrected chi connectivity index (χ0v) is 11.5. The molecule has 0 radical (unpaired) electrons. The van der Waals surface area contributed by atoms with Crippen molar-refractivity contribution in [2.24, 2.45) is 5.92 Å². The van der Waals surface area contributed by atoms with Crippen molar-refractivity contribution in [2.45, 2.75) is 53.4 Å². The van der Waals surface area contributed by atoms with E-state index >= 15 is 0 Å². The molecule has 1 aromatic rings. The van der Waals surface area contributed by atoms with Gasteiger partial charge in [0.2, 0.25) is 0 Å². The largest absolute Gasteiger partial charge is 0.299 e. The van der Waals surface area contributed by atoms with Gasteiger partial charge in [0.05, 0.1) is 0 Å². The molecule has 0 saturated carbocycles. The Labute approximate surface area is 105 Å². The molecule has 0 amide bonds. The van der Waals surface area contributed by atoms with E-state index in [-0.39, 0.29) is 0 Å². The highest BCUT2D eigenvalue weighted by atomic mass is 16.1. The Morgan fingerprint density at radius 3 is 2.47 bits per heavy atom. The van der Waals surface area contributed by atoms with Crippen LogP contribution in [-0.4, -0.2) is 5.78 Å². The van der Waals surface area contributed by atoms with Crippen molar-refractivity contribution in [2.75, 3.05) is 0 Å². The van der Waals surface area contributed by atoms with Crippen LogP contribution in [0.3, 0.4) is 0 Å². The summed E-state index contributed by atoms with van der Waals surface area (Å²) >= 11 is 0. The van der Waals surface area contributed by atoms with E-state index < -0.39 is 0 Å². The molecular formula is C16H24O. The molecule has 0 saturated heterocycles. The van der Waals surface area contributed by atoms with Crippen molar-refractivity contribution < 1.29 is 4.79 Å². The third-order valence-electron chi connectivity index (χ3n) is 3.21. The monoisotopic (exact) mass is 232 g/mol. The van der Waals surface area contributed by atoms with E-state index in [2.05, 4.69) is 45.9 Å². The minimum Gasteiger partial charge on any atom is -0.299 e. The van der Waals surface area contributed by atoms with Gasteiger partial charge in [0.25, 0.3) is 0 Å². The predicted octanol–water partition coefficient (Wildman–Crippen LogP) is 4.24. The maximum Gasteiger partial charge on any atom is 0.137 e. The van der Waals surface area contributed by atoms with Crippen LogP contribution in [0.4, 0.5) is 0 Å². The summed E-state index contributed by atoms with van der Waals surface area (Å²) < 4.78 is 0. The first-order valence-corrected chi connectivity index (χ1v) is 6.57. The normalized spacial score (nSPS) is 10.9. The first-order valence-electron chi connectivity index (χ1n) is 6.57. The smallest absolute Gasteiger partial charge is 0.137 e. The average molecular weight is 232 g/mol. The Morgan fingerprint density at radius 2 is 1.88 bits per heavy atom. The standard InChI is InChI=1S/C16H24O/c1-12(2)6-5-7-16(17)11-15-9-8-13(3)14(4)10-15/h8-10,12H,5-7,11H2,1-4H3. The van der Waals surface area contributed by atoms with Crippen molar-refractivity contribution in [3.05, 3.63) is 34.9 Å². The topological polar surface area (TPSA) is 17.1 Å². The molecule has 0 aliphatic heterocycles. The second kappa shape index (κ2) is 6.58. The number of carbonyl (C=O) groups is 1. The first-order chi connectivity index (χ1) is 7.99. The van der Waals surface area contributed by atoms with E-state index in [0.29, 0.717) is 18.1 Å². The van der Waals surface area contributed by atoms with Crippen LogP contribution in [0.15, 0.2) is 18.2 Å². The van der Waals surface area contributed by atoms with E-state index in [1.54, 1.807) is 0 Å². The molecule has 0 fully saturated rings. The second-order valence-electron chi connectivity index (χ2n) is 5.42. The molecule has 0 aliphatic carbocycles. The molecular weight excluding hydrogens is 208 g/mol. The minimum absolute atomic E-state index is 0.369. The maximum atomic E-state index is 11.8. The Bertz CT molecular complexity index is 377. The van der Waals surface area contributed by atoms with Gasteiger partial charge in [0.1, 0.15) is 5.78 Å². The van der Waals surface area contributed by atoms with Crippen molar-refractivity contribution in [1.82, 2.24) is 0 Å². The number of Topliss-reactive ketones (excluding diaryl/α,β-unsaturated/α-hetero) is 1. The van der Waals surface area contributed by atoms with Crippen molar-refractivity contribution in [1.29, 1.82) is 0 Å². The zero-order valence-electron chi connectivity index (χ0n) is 11.5. The van der Waals surface area contributed by atoms with Gasteiger partial charge in [-0.2, -0.15) is 0 Å². The summed E-state index contributed by atoms with van der Waals surface area (Å²) in [5.41, 5.74) is 3.72. The summed E-state index contributed by atoms with van der Waals surface area (Å²) in [4.78, 5) is 11.8. The van der Waals surface area contributed by atoms with Gasteiger partial charge in [0.15, 0.2) is 0 Å². The number of benzene rings is 1. The molecule has 1 heteroatoms. The van der Waals surface area contributed by atoms with Gasteiger partial charge in [0, 0.05) is 12.8 Å². The summed E-state index contributed by atoms with van der Waals surface area (Å²) in [6, 6.07) is 6.31. The van der Waals surface area contributed by atoms with Crippen LogP contribution in [0.5, 0.6) is 0 Å². The molecule has 1 nitrogen and oxygen atoms in total. The van der Waals surface area contributed by atoms with Crippen LogP contribution in [0, 0.1) is 19.8 Å². The Hall–Kier alpha value is -1.11.